The minimum absolute atomic E-state index is 0.0390. The van der Waals surface area contributed by atoms with Gasteiger partial charge in [-0.15, -0.1) is 0 Å². The Labute approximate surface area is 145 Å². The third-order valence-corrected chi connectivity index (χ3v) is 4.88. The molecule has 0 fully saturated rings. The fraction of sp³-hybridized carbons (Fsp3) is 0.350. The fourth-order valence-electron chi connectivity index (χ4n) is 3.86. The number of aliphatic carboxylic acids is 1. The Hall–Kier alpha value is -2.27. The van der Waals surface area contributed by atoms with E-state index in [1.165, 1.54) is 18.2 Å². The van der Waals surface area contributed by atoms with Crippen LogP contribution in [0.2, 0.25) is 0 Å². The maximum absolute atomic E-state index is 13.9. The van der Waals surface area contributed by atoms with Crippen molar-refractivity contribution in [3.05, 3.63) is 70.8 Å². The molecule has 0 spiro atoms. The largest absolute Gasteiger partial charge is 0.480 e. The summed E-state index contributed by atoms with van der Waals surface area (Å²) in [7, 11) is 1.77. The van der Waals surface area contributed by atoms with Crippen LogP contribution >= 0.6 is 0 Å². The average molecular weight is 345 g/mol. The van der Waals surface area contributed by atoms with E-state index in [2.05, 4.69) is 0 Å². The normalized spacial score (nSPS) is 19.7. The summed E-state index contributed by atoms with van der Waals surface area (Å²) in [6, 6.07) is 11.2. The van der Waals surface area contributed by atoms with Gasteiger partial charge in [0.25, 0.3) is 0 Å². The molecule has 2 aromatic rings. The molecule has 0 saturated carbocycles. The lowest BCUT2D eigenvalue weighted by Crippen LogP contribution is -2.35. The Balaban J connectivity index is 1.97. The molecule has 3 nitrogen and oxygen atoms in total. The second kappa shape index (κ2) is 7.31. The van der Waals surface area contributed by atoms with Crippen molar-refractivity contribution in [3.63, 3.8) is 0 Å². The highest BCUT2D eigenvalue weighted by molar-refractivity contribution is 5.69. The van der Waals surface area contributed by atoms with Gasteiger partial charge in [0.2, 0.25) is 0 Å². The zero-order valence-corrected chi connectivity index (χ0v) is 14.1. The van der Waals surface area contributed by atoms with E-state index in [0.29, 0.717) is 6.54 Å². The van der Waals surface area contributed by atoms with Gasteiger partial charge in [-0.2, -0.15) is 0 Å². The van der Waals surface area contributed by atoms with Gasteiger partial charge in [-0.05, 0) is 66.8 Å². The van der Waals surface area contributed by atoms with E-state index in [-0.39, 0.29) is 30.0 Å². The molecule has 132 valence electrons. The number of hydrogen-bond acceptors (Lipinski definition) is 2. The lowest BCUT2D eigenvalue weighted by Gasteiger charge is -2.36. The Bertz CT molecular complexity index is 761. The van der Waals surface area contributed by atoms with Crippen molar-refractivity contribution >= 4 is 5.97 Å². The zero-order chi connectivity index (χ0) is 18.0. The number of nitrogens with zero attached hydrogens (tertiary/aromatic N) is 1. The highest BCUT2D eigenvalue weighted by Gasteiger charge is 2.32. The van der Waals surface area contributed by atoms with E-state index >= 15 is 0 Å². The van der Waals surface area contributed by atoms with Crippen LogP contribution in [0.5, 0.6) is 0 Å². The van der Waals surface area contributed by atoms with Crippen LogP contribution in [0.1, 0.15) is 29.0 Å². The molecular formula is C20H21F2NO2. The van der Waals surface area contributed by atoms with Gasteiger partial charge in [-0.1, -0.05) is 18.2 Å². The molecule has 2 aromatic carbocycles. The predicted octanol–water partition coefficient (Wildman–Crippen LogP) is 3.68. The summed E-state index contributed by atoms with van der Waals surface area (Å²) < 4.78 is 27.2. The summed E-state index contributed by atoms with van der Waals surface area (Å²) in [6.07, 6.45) is 1.71. The first-order chi connectivity index (χ1) is 11.9. The van der Waals surface area contributed by atoms with Gasteiger partial charge in [0.05, 0.1) is 6.54 Å². The Morgan fingerprint density at radius 3 is 2.52 bits per heavy atom. The van der Waals surface area contributed by atoms with Gasteiger partial charge in [-0.3, -0.25) is 9.69 Å². The maximum atomic E-state index is 13.9. The smallest absolute Gasteiger partial charge is 0.317 e. The third-order valence-electron chi connectivity index (χ3n) is 4.88. The number of halogens is 2. The number of carboxylic acid groups (broad SMARTS) is 1. The summed E-state index contributed by atoms with van der Waals surface area (Å²) in [5.74, 6) is -1.40. The van der Waals surface area contributed by atoms with Crippen LogP contribution in [0.3, 0.4) is 0 Å². The highest BCUT2D eigenvalue weighted by Crippen LogP contribution is 2.41. The Morgan fingerprint density at radius 2 is 1.84 bits per heavy atom. The van der Waals surface area contributed by atoms with Gasteiger partial charge in [0, 0.05) is 12.5 Å². The van der Waals surface area contributed by atoms with Crippen molar-refractivity contribution in [1.82, 2.24) is 4.90 Å². The minimum atomic E-state index is -0.872. The maximum Gasteiger partial charge on any atom is 0.317 e. The van der Waals surface area contributed by atoms with Crippen LogP contribution in [0, 0.1) is 17.6 Å². The van der Waals surface area contributed by atoms with E-state index in [0.717, 1.165) is 29.5 Å². The van der Waals surface area contributed by atoms with E-state index in [1.54, 1.807) is 30.1 Å². The third kappa shape index (κ3) is 4.04. The monoisotopic (exact) mass is 345 g/mol. The SMILES string of the molecule is CN(CC(=O)O)CC1CCc2ccc(F)cc2C1c1ccc(F)cc1. The molecular weight excluding hydrogens is 324 g/mol. The highest BCUT2D eigenvalue weighted by atomic mass is 19.1. The zero-order valence-electron chi connectivity index (χ0n) is 14.1. The van der Waals surface area contributed by atoms with E-state index < -0.39 is 5.97 Å². The molecule has 2 atom stereocenters. The number of hydrogen-bond donors (Lipinski definition) is 1. The standard InChI is InChI=1S/C20H21F2NO2/c1-23(12-19(24)25)11-15-3-2-13-4-9-17(22)10-18(13)20(15)14-5-7-16(21)8-6-14/h4-10,15,20H,2-3,11-12H2,1H3,(H,24,25). The van der Waals surface area contributed by atoms with Gasteiger partial charge >= 0.3 is 5.97 Å². The lowest BCUT2D eigenvalue weighted by atomic mass is 9.71. The van der Waals surface area contributed by atoms with Crippen molar-refractivity contribution in [2.75, 3.05) is 20.1 Å². The molecule has 3 rings (SSSR count). The van der Waals surface area contributed by atoms with E-state index in [9.17, 15) is 13.6 Å². The molecule has 1 aliphatic carbocycles. The van der Waals surface area contributed by atoms with Crippen LogP contribution in [-0.2, 0) is 11.2 Å². The second-order valence-corrected chi connectivity index (χ2v) is 6.76. The average Bonchev–Trinajstić information content (AvgIpc) is 2.55. The van der Waals surface area contributed by atoms with Gasteiger partial charge in [0.15, 0.2) is 0 Å². The molecule has 1 N–H and O–H groups in total. The number of rotatable bonds is 5. The van der Waals surface area contributed by atoms with Crippen LogP contribution in [0.4, 0.5) is 8.78 Å². The molecule has 25 heavy (non-hydrogen) atoms. The molecule has 2 unspecified atom stereocenters. The van der Waals surface area contributed by atoms with Crippen molar-refractivity contribution < 1.29 is 18.7 Å². The number of carboxylic acids is 1. The first-order valence-corrected chi connectivity index (χ1v) is 8.38. The molecule has 0 saturated heterocycles. The molecule has 5 heteroatoms. The molecule has 0 radical (unpaired) electrons. The number of fused-ring (bicyclic) bond motifs is 1. The van der Waals surface area contributed by atoms with Crippen LogP contribution in [-0.4, -0.2) is 36.1 Å². The Kier molecular flexibility index (Phi) is 5.13. The quantitative estimate of drug-likeness (QED) is 0.899. The number of benzene rings is 2. The molecule has 0 aliphatic heterocycles. The van der Waals surface area contributed by atoms with Gasteiger partial charge < -0.3 is 5.11 Å². The summed E-state index contributed by atoms with van der Waals surface area (Å²) in [5, 5.41) is 8.99. The Morgan fingerprint density at radius 1 is 1.16 bits per heavy atom. The van der Waals surface area contributed by atoms with Gasteiger partial charge in [0.1, 0.15) is 11.6 Å². The topological polar surface area (TPSA) is 40.5 Å². The van der Waals surface area contributed by atoms with Crippen molar-refractivity contribution in [2.45, 2.75) is 18.8 Å². The number of carbonyl (C=O) groups is 1. The van der Waals surface area contributed by atoms with Crippen LogP contribution in [0.15, 0.2) is 42.5 Å². The summed E-state index contributed by atoms with van der Waals surface area (Å²) in [6.45, 7) is 0.549. The number of likely N-dealkylation sites (N-methyl/N-ethyl adjacent to an activating group) is 1. The molecule has 0 aromatic heterocycles. The van der Waals surface area contributed by atoms with E-state index in [4.69, 9.17) is 5.11 Å². The lowest BCUT2D eigenvalue weighted by molar-refractivity contribution is -0.138. The molecule has 0 heterocycles. The number of aryl methyl sites for hydroxylation is 1. The summed E-state index contributed by atoms with van der Waals surface area (Å²) in [5.41, 5.74) is 2.96. The van der Waals surface area contributed by atoms with Gasteiger partial charge in [-0.25, -0.2) is 8.78 Å². The first kappa shape index (κ1) is 17.5. The summed E-state index contributed by atoms with van der Waals surface area (Å²) >= 11 is 0. The minimum Gasteiger partial charge on any atom is -0.480 e. The molecule has 0 bridgehead atoms. The summed E-state index contributed by atoms with van der Waals surface area (Å²) in [4.78, 5) is 12.7. The van der Waals surface area contributed by atoms with Crippen LogP contribution < -0.4 is 0 Å². The van der Waals surface area contributed by atoms with Crippen LogP contribution in [0.25, 0.3) is 0 Å². The van der Waals surface area contributed by atoms with Crippen molar-refractivity contribution in [3.8, 4) is 0 Å². The predicted molar refractivity (Wildman–Crippen MR) is 91.6 cm³/mol. The van der Waals surface area contributed by atoms with Crippen molar-refractivity contribution in [1.29, 1.82) is 0 Å². The van der Waals surface area contributed by atoms with Crippen molar-refractivity contribution in [2.24, 2.45) is 5.92 Å². The first-order valence-electron chi connectivity index (χ1n) is 8.38. The molecule has 0 amide bonds. The van der Waals surface area contributed by atoms with E-state index in [1.807, 2.05) is 6.07 Å². The molecule has 1 aliphatic rings. The second-order valence-electron chi connectivity index (χ2n) is 6.76. The fourth-order valence-corrected chi connectivity index (χ4v) is 3.86.